The number of anilines is 1. The summed E-state index contributed by atoms with van der Waals surface area (Å²) in [5.74, 6) is 1.16. The molecule has 0 radical (unpaired) electrons. The maximum Gasteiger partial charge on any atom is 0.225 e. The van der Waals surface area contributed by atoms with Crippen LogP contribution in [0.5, 0.6) is 5.75 Å². The van der Waals surface area contributed by atoms with Crippen molar-refractivity contribution < 1.29 is 4.74 Å². The van der Waals surface area contributed by atoms with Crippen molar-refractivity contribution in [2.24, 2.45) is 0 Å². The van der Waals surface area contributed by atoms with Crippen LogP contribution in [0.2, 0.25) is 0 Å². The first-order chi connectivity index (χ1) is 9.33. The second-order valence-electron chi connectivity index (χ2n) is 3.83. The summed E-state index contributed by atoms with van der Waals surface area (Å²) >= 11 is 0. The molecule has 0 unspecified atom stereocenters. The second-order valence-corrected chi connectivity index (χ2v) is 3.83. The van der Waals surface area contributed by atoms with E-state index in [0.29, 0.717) is 28.7 Å². The lowest BCUT2D eigenvalue weighted by Crippen LogP contribution is -2.00. The van der Waals surface area contributed by atoms with Crippen molar-refractivity contribution in [2.45, 2.75) is 0 Å². The molecular weight excluding hydrogens is 244 g/mol. The molecule has 0 aromatic carbocycles. The summed E-state index contributed by atoms with van der Waals surface area (Å²) < 4.78 is 5.32. The van der Waals surface area contributed by atoms with E-state index in [1.165, 1.54) is 0 Å². The Kier molecular flexibility index (Phi) is 2.71. The molecule has 0 aliphatic carbocycles. The van der Waals surface area contributed by atoms with E-state index < -0.39 is 0 Å². The first kappa shape index (κ1) is 11.4. The van der Waals surface area contributed by atoms with E-state index in [0.717, 1.165) is 5.39 Å². The minimum absolute atomic E-state index is 0.499. The lowest BCUT2D eigenvalue weighted by atomic mass is 10.2. The summed E-state index contributed by atoms with van der Waals surface area (Å²) in [6.45, 7) is 0. The molecule has 2 N–H and O–H groups in total. The van der Waals surface area contributed by atoms with Gasteiger partial charge in [0.1, 0.15) is 17.1 Å². The summed E-state index contributed by atoms with van der Waals surface area (Å²) in [6.07, 6.45) is 3.38. The quantitative estimate of drug-likeness (QED) is 0.737. The Morgan fingerprint density at radius 2 is 2.16 bits per heavy atom. The molecule has 3 aromatic rings. The number of aromatic nitrogens is 5. The number of hydrogen-bond acceptors (Lipinski definition) is 6. The number of H-pyrrole nitrogens is 1. The van der Waals surface area contributed by atoms with Crippen molar-refractivity contribution in [3.63, 3.8) is 0 Å². The summed E-state index contributed by atoms with van der Waals surface area (Å²) in [7, 11) is 3.37. The number of pyridine rings is 1. The first-order valence-electron chi connectivity index (χ1n) is 5.71. The zero-order valence-corrected chi connectivity index (χ0v) is 10.5. The monoisotopic (exact) mass is 256 g/mol. The van der Waals surface area contributed by atoms with Crippen LogP contribution in [0.1, 0.15) is 0 Å². The number of rotatable bonds is 3. The van der Waals surface area contributed by atoms with E-state index in [1.54, 1.807) is 26.6 Å². The molecular formula is C12H12N6O. The first-order valence-corrected chi connectivity index (χ1v) is 5.71. The predicted octanol–water partition coefficient (Wildman–Crippen LogP) is 1.47. The topological polar surface area (TPSA) is 88.6 Å². The maximum absolute atomic E-state index is 5.32. The van der Waals surface area contributed by atoms with Crippen molar-refractivity contribution in [1.82, 2.24) is 25.1 Å². The fraction of sp³-hybridized carbons (Fsp3) is 0.167. The SMILES string of the molecule is CNc1nc(-c2ncccc2OC)c2cn[nH]c2n1. The van der Waals surface area contributed by atoms with Gasteiger partial charge in [0.15, 0.2) is 5.65 Å². The Balaban J connectivity index is 2.31. The average molecular weight is 256 g/mol. The van der Waals surface area contributed by atoms with Crippen LogP contribution >= 0.6 is 0 Å². The molecule has 3 aromatic heterocycles. The Morgan fingerprint density at radius 1 is 1.26 bits per heavy atom. The summed E-state index contributed by atoms with van der Waals surface area (Å²) in [5.41, 5.74) is 2.00. The third-order valence-corrected chi connectivity index (χ3v) is 2.75. The molecule has 0 saturated carbocycles. The number of ether oxygens (including phenoxy) is 1. The fourth-order valence-electron chi connectivity index (χ4n) is 1.86. The van der Waals surface area contributed by atoms with Gasteiger partial charge in [-0.1, -0.05) is 0 Å². The molecule has 0 saturated heterocycles. The van der Waals surface area contributed by atoms with Gasteiger partial charge in [0.25, 0.3) is 0 Å². The van der Waals surface area contributed by atoms with Gasteiger partial charge in [-0.15, -0.1) is 0 Å². The molecule has 0 fully saturated rings. The van der Waals surface area contributed by atoms with Crippen molar-refractivity contribution in [1.29, 1.82) is 0 Å². The van der Waals surface area contributed by atoms with E-state index in [9.17, 15) is 0 Å². The van der Waals surface area contributed by atoms with Gasteiger partial charge in [-0.05, 0) is 12.1 Å². The highest BCUT2D eigenvalue weighted by Crippen LogP contribution is 2.30. The van der Waals surface area contributed by atoms with Gasteiger partial charge >= 0.3 is 0 Å². The fourth-order valence-corrected chi connectivity index (χ4v) is 1.86. The van der Waals surface area contributed by atoms with Gasteiger partial charge in [-0.2, -0.15) is 10.1 Å². The number of aromatic amines is 1. The maximum atomic E-state index is 5.32. The van der Waals surface area contributed by atoms with Crippen molar-refractivity contribution in [3.8, 4) is 17.1 Å². The normalized spacial score (nSPS) is 10.6. The van der Waals surface area contributed by atoms with Crippen molar-refractivity contribution in [2.75, 3.05) is 19.5 Å². The predicted molar refractivity (Wildman–Crippen MR) is 71.0 cm³/mol. The Labute approximate surface area is 109 Å². The molecule has 0 amide bonds. The Bertz CT molecular complexity index is 723. The highest BCUT2D eigenvalue weighted by molar-refractivity contribution is 5.91. The zero-order chi connectivity index (χ0) is 13.2. The lowest BCUT2D eigenvalue weighted by Gasteiger charge is -2.08. The largest absolute Gasteiger partial charge is 0.494 e. The van der Waals surface area contributed by atoms with Crippen LogP contribution in [-0.4, -0.2) is 39.3 Å². The highest BCUT2D eigenvalue weighted by atomic mass is 16.5. The van der Waals surface area contributed by atoms with E-state index in [-0.39, 0.29) is 0 Å². The molecule has 0 aliphatic rings. The molecule has 0 spiro atoms. The van der Waals surface area contributed by atoms with Crippen LogP contribution in [0.4, 0.5) is 5.95 Å². The van der Waals surface area contributed by atoms with Crippen LogP contribution in [0, 0.1) is 0 Å². The second kappa shape index (κ2) is 4.52. The molecule has 0 atom stereocenters. The smallest absolute Gasteiger partial charge is 0.225 e. The molecule has 19 heavy (non-hydrogen) atoms. The zero-order valence-electron chi connectivity index (χ0n) is 10.5. The third kappa shape index (κ3) is 1.85. The van der Waals surface area contributed by atoms with Crippen molar-refractivity contribution in [3.05, 3.63) is 24.5 Å². The molecule has 0 aliphatic heterocycles. The Morgan fingerprint density at radius 3 is 2.95 bits per heavy atom. The van der Waals surface area contributed by atoms with Gasteiger partial charge in [-0.25, -0.2) is 4.98 Å². The van der Waals surface area contributed by atoms with Gasteiger partial charge in [0.2, 0.25) is 5.95 Å². The van der Waals surface area contributed by atoms with Crippen LogP contribution in [0.3, 0.4) is 0 Å². The highest BCUT2D eigenvalue weighted by Gasteiger charge is 2.15. The molecule has 96 valence electrons. The molecule has 3 rings (SSSR count). The van der Waals surface area contributed by atoms with Gasteiger partial charge in [-0.3, -0.25) is 10.1 Å². The minimum atomic E-state index is 0.499. The number of nitrogens with zero attached hydrogens (tertiary/aromatic N) is 4. The van der Waals surface area contributed by atoms with Crippen LogP contribution < -0.4 is 10.1 Å². The lowest BCUT2D eigenvalue weighted by molar-refractivity contribution is 0.414. The number of nitrogens with one attached hydrogen (secondary N) is 2. The van der Waals surface area contributed by atoms with Crippen molar-refractivity contribution >= 4 is 17.0 Å². The van der Waals surface area contributed by atoms with Gasteiger partial charge in [0, 0.05) is 13.2 Å². The third-order valence-electron chi connectivity index (χ3n) is 2.75. The summed E-state index contributed by atoms with van der Waals surface area (Å²) in [4.78, 5) is 13.1. The van der Waals surface area contributed by atoms with Gasteiger partial charge in [0.05, 0.1) is 18.7 Å². The minimum Gasteiger partial charge on any atom is -0.494 e. The van der Waals surface area contributed by atoms with E-state index >= 15 is 0 Å². The molecule has 7 heteroatoms. The molecule has 3 heterocycles. The summed E-state index contributed by atoms with van der Waals surface area (Å²) in [6, 6.07) is 3.66. The van der Waals surface area contributed by atoms with E-state index in [1.807, 2.05) is 12.1 Å². The number of methoxy groups -OCH3 is 1. The molecule has 7 nitrogen and oxygen atoms in total. The van der Waals surface area contributed by atoms with E-state index in [2.05, 4.69) is 30.5 Å². The van der Waals surface area contributed by atoms with Crippen LogP contribution in [0.25, 0.3) is 22.4 Å². The van der Waals surface area contributed by atoms with Gasteiger partial charge < -0.3 is 10.1 Å². The molecule has 0 bridgehead atoms. The average Bonchev–Trinajstić information content (AvgIpc) is 2.94. The van der Waals surface area contributed by atoms with Crippen LogP contribution in [-0.2, 0) is 0 Å². The standard InChI is InChI=1S/C12H12N6O/c1-13-12-16-9(7-6-15-18-11(7)17-12)10-8(19-2)4-3-5-14-10/h3-6H,1-2H3,(H2,13,15,16,17,18). The summed E-state index contributed by atoms with van der Waals surface area (Å²) in [5, 5.41) is 10.5. The number of fused-ring (bicyclic) bond motifs is 1. The van der Waals surface area contributed by atoms with E-state index in [4.69, 9.17) is 4.74 Å². The van der Waals surface area contributed by atoms with Crippen LogP contribution in [0.15, 0.2) is 24.5 Å². The Hall–Kier alpha value is -2.70. The number of hydrogen-bond donors (Lipinski definition) is 2.